The van der Waals surface area contributed by atoms with Crippen LogP contribution in [0.2, 0.25) is 0 Å². The van der Waals surface area contributed by atoms with Crippen molar-refractivity contribution >= 4 is 41.2 Å². The van der Waals surface area contributed by atoms with Crippen molar-refractivity contribution in [2.45, 2.75) is 105 Å². The first-order valence-corrected chi connectivity index (χ1v) is 16.0. The number of nitrogens with one attached hydrogen (secondary N) is 4. The summed E-state index contributed by atoms with van der Waals surface area (Å²) in [5, 5.41) is 10.7. The summed E-state index contributed by atoms with van der Waals surface area (Å²) in [6, 6.07) is 5.91. The number of para-hydroxylation sites is 1. The smallest absolute Gasteiger partial charge is 0.408 e. The fourth-order valence-electron chi connectivity index (χ4n) is 6.15. The van der Waals surface area contributed by atoms with Gasteiger partial charge in [0.1, 0.15) is 17.7 Å². The number of nitrogens with zero attached hydrogens (tertiary/aromatic N) is 1. The zero-order valence-electron chi connectivity index (χ0n) is 28.6. The highest BCUT2D eigenvalue weighted by Crippen LogP contribution is 2.65. The summed E-state index contributed by atoms with van der Waals surface area (Å²) in [6.45, 7) is 16.8. The topological polar surface area (TPSA) is 163 Å². The number of carbonyl (C=O) groups excluding carboxylic acids is 6. The molecule has 2 aliphatic rings. The second-order valence-electron chi connectivity index (χ2n) is 15.0. The third kappa shape index (κ3) is 9.07. The molecule has 12 heteroatoms. The van der Waals surface area contributed by atoms with Crippen molar-refractivity contribution in [1.29, 1.82) is 0 Å². The van der Waals surface area contributed by atoms with Crippen molar-refractivity contribution in [3.05, 3.63) is 30.3 Å². The van der Waals surface area contributed by atoms with E-state index >= 15 is 0 Å². The summed E-state index contributed by atoms with van der Waals surface area (Å²) >= 11 is 0. The van der Waals surface area contributed by atoms with E-state index in [0.29, 0.717) is 18.7 Å². The molecule has 1 aliphatic carbocycles. The molecule has 0 spiro atoms. The van der Waals surface area contributed by atoms with Crippen LogP contribution in [0.25, 0.3) is 0 Å². The van der Waals surface area contributed by atoms with Gasteiger partial charge in [-0.3, -0.25) is 24.0 Å². The van der Waals surface area contributed by atoms with Crippen molar-refractivity contribution in [1.82, 2.24) is 20.9 Å². The molecule has 5 amide bonds. The van der Waals surface area contributed by atoms with E-state index in [1.165, 1.54) is 4.90 Å². The van der Waals surface area contributed by atoms with E-state index in [9.17, 15) is 28.8 Å². The van der Waals surface area contributed by atoms with E-state index in [2.05, 4.69) is 21.3 Å². The molecule has 1 saturated carbocycles. The van der Waals surface area contributed by atoms with Crippen LogP contribution < -0.4 is 21.3 Å². The Morgan fingerprint density at radius 2 is 1.61 bits per heavy atom. The Morgan fingerprint density at radius 1 is 0.978 bits per heavy atom. The van der Waals surface area contributed by atoms with Crippen LogP contribution in [0.4, 0.5) is 10.5 Å². The van der Waals surface area contributed by atoms with E-state index in [1.54, 1.807) is 45.0 Å². The Hall–Kier alpha value is -3.96. The maximum Gasteiger partial charge on any atom is 0.408 e. The minimum Gasteiger partial charge on any atom is -0.444 e. The van der Waals surface area contributed by atoms with Crippen LogP contribution in [0.15, 0.2) is 30.3 Å². The third-order valence-corrected chi connectivity index (χ3v) is 8.66. The van der Waals surface area contributed by atoms with Gasteiger partial charge in [0.15, 0.2) is 0 Å². The van der Waals surface area contributed by atoms with Gasteiger partial charge in [-0.2, -0.15) is 0 Å². The average Bonchev–Trinajstić information content (AvgIpc) is 3.26. The first-order chi connectivity index (χ1) is 21.3. The monoisotopic (exact) mass is 641 g/mol. The van der Waals surface area contributed by atoms with Crippen molar-refractivity contribution in [3.63, 3.8) is 0 Å². The first kappa shape index (κ1) is 36.5. The van der Waals surface area contributed by atoms with Crippen LogP contribution in [0.5, 0.6) is 0 Å². The number of anilines is 1. The molecule has 0 aromatic heterocycles. The number of alkyl carbamates (subject to hydrolysis) is 1. The second kappa shape index (κ2) is 14.2. The predicted octanol–water partition coefficient (Wildman–Crippen LogP) is 3.41. The molecule has 1 aliphatic heterocycles. The maximum atomic E-state index is 14.0. The minimum absolute atomic E-state index is 0.0394. The molecule has 12 nitrogen and oxygen atoms in total. The minimum atomic E-state index is -1.10. The first-order valence-electron chi connectivity index (χ1n) is 16.0. The number of fused-ring (bicyclic) bond motifs is 1. The predicted molar refractivity (Wildman–Crippen MR) is 173 cm³/mol. The van der Waals surface area contributed by atoms with Gasteiger partial charge in [-0.15, -0.1) is 0 Å². The van der Waals surface area contributed by atoms with Gasteiger partial charge in [0.05, 0.1) is 6.04 Å². The Kier molecular flexibility index (Phi) is 11.3. The average molecular weight is 642 g/mol. The molecule has 3 unspecified atom stereocenters. The van der Waals surface area contributed by atoms with Crippen LogP contribution in [0, 0.1) is 22.7 Å². The summed E-state index contributed by atoms with van der Waals surface area (Å²) in [5.74, 6) is -3.04. The van der Waals surface area contributed by atoms with Crippen molar-refractivity contribution in [2.75, 3.05) is 18.4 Å². The fraction of sp³-hybridized carbons (Fsp3) is 0.647. The van der Waals surface area contributed by atoms with Gasteiger partial charge in [0, 0.05) is 25.2 Å². The Morgan fingerprint density at radius 3 is 2.17 bits per heavy atom. The number of ether oxygens (including phenoxy) is 1. The van der Waals surface area contributed by atoms with Crippen molar-refractivity contribution in [2.24, 2.45) is 22.7 Å². The number of likely N-dealkylation sites (tertiary alicyclic amines) is 1. The van der Waals surface area contributed by atoms with Crippen LogP contribution in [-0.4, -0.2) is 77.2 Å². The third-order valence-electron chi connectivity index (χ3n) is 8.66. The van der Waals surface area contributed by atoms with Crippen molar-refractivity contribution in [3.8, 4) is 0 Å². The Bertz CT molecular complexity index is 1320. The molecule has 46 heavy (non-hydrogen) atoms. The summed E-state index contributed by atoms with van der Waals surface area (Å²) in [5.41, 5.74) is -1.04. The normalized spacial score (nSPS) is 21.2. The molecule has 1 saturated heterocycles. The van der Waals surface area contributed by atoms with Crippen LogP contribution >= 0.6 is 0 Å². The Balaban J connectivity index is 1.69. The molecule has 1 aromatic carbocycles. The number of Topliss-reactive ketones (excluding diaryl/α,β-unsaturated/α-hetero) is 1. The summed E-state index contributed by atoms with van der Waals surface area (Å²) in [4.78, 5) is 80.4. The quantitative estimate of drug-likeness (QED) is 0.254. The van der Waals surface area contributed by atoms with E-state index in [0.717, 1.165) is 0 Å². The lowest BCUT2D eigenvalue weighted by Crippen LogP contribution is -2.60. The molecular weight excluding hydrogens is 590 g/mol. The number of hydrogen-bond donors (Lipinski definition) is 4. The van der Waals surface area contributed by atoms with Crippen LogP contribution in [-0.2, 0) is 28.7 Å². The second-order valence-corrected chi connectivity index (χ2v) is 15.0. The van der Waals surface area contributed by atoms with E-state index in [4.69, 9.17) is 4.74 Å². The molecule has 3 rings (SSSR count). The molecule has 5 atom stereocenters. The number of piperidine rings is 1. The van der Waals surface area contributed by atoms with Crippen molar-refractivity contribution < 1.29 is 33.5 Å². The van der Waals surface area contributed by atoms with Gasteiger partial charge in [0.25, 0.3) is 5.91 Å². The lowest BCUT2D eigenvalue weighted by molar-refractivity contribution is -0.145. The molecule has 1 aromatic rings. The number of rotatable bonds is 12. The molecule has 0 radical (unpaired) electrons. The van der Waals surface area contributed by atoms with Gasteiger partial charge < -0.3 is 30.9 Å². The number of benzene rings is 1. The summed E-state index contributed by atoms with van der Waals surface area (Å²) in [7, 11) is 0. The van der Waals surface area contributed by atoms with Gasteiger partial charge in [-0.1, -0.05) is 66.2 Å². The summed E-state index contributed by atoms with van der Waals surface area (Å²) in [6.07, 6.45) is -0.0403. The standard InChI is InChI=1S/C34H51N5O7/c1-10-14-22(26(41)29(43)35-18-17-23(40)36-20-15-12-11-13-16-20)37-28(42)25-24-21(34(24,8)9)19-39(25)30(44)27(32(2,3)4)38-31(45)46-33(5,6)7/h11-13,15-16,21-22,24-25,27H,10,14,17-19H2,1-9H3,(H,35,43)(H,36,40)(H,37,42)(H,38,45)/t21?,22?,24?,25-,27+/m0/s1. The number of carbonyl (C=O) groups is 6. The Labute approximate surface area is 272 Å². The van der Waals surface area contributed by atoms with E-state index < -0.39 is 58.7 Å². The SMILES string of the molecule is CCCC(NC(=O)[C@@H]1C2C(CN1C(=O)[C@@H](NC(=O)OC(C)(C)C)C(C)(C)C)C2(C)C)C(=O)C(=O)NCCC(=O)Nc1ccccc1. The molecule has 0 bridgehead atoms. The molecule has 254 valence electrons. The number of ketones is 1. The van der Waals surface area contributed by atoms with Gasteiger partial charge in [0.2, 0.25) is 23.5 Å². The van der Waals surface area contributed by atoms with Gasteiger partial charge in [-0.25, -0.2) is 4.79 Å². The largest absolute Gasteiger partial charge is 0.444 e. The molecular formula is C34H51N5O7. The molecule has 4 N–H and O–H groups in total. The van der Waals surface area contributed by atoms with Crippen LogP contribution in [0.1, 0.15) is 81.6 Å². The van der Waals surface area contributed by atoms with Gasteiger partial charge in [-0.05, 0) is 62.0 Å². The highest BCUT2D eigenvalue weighted by molar-refractivity contribution is 6.38. The van der Waals surface area contributed by atoms with E-state index in [-0.39, 0.29) is 42.5 Å². The highest BCUT2D eigenvalue weighted by Gasteiger charge is 2.70. The number of hydrogen-bond acceptors (Lipinski definition) is 7. The zero-order chi connectivity index (χ0) is 34.6. The molecule has 2 fully saturated rings. The van der Waals surface area contributed by atoms with Gasteiger partial charge >= 0.3 is 6.09 Å². The van der Waals surface area contributed by atoms with E-state index in [1.807, 2.05) is 47.6 Å². The highest BCUT2D eigenvalue weighted by atomic mass is 16.6. The zero-order valence-corrected chi connectivity index (χ0v) is 28.6. The van der Waals surface area contributed by atoms with Crippen LogP contribution in [0.3, 0.4) is 0 Å². The number of amides is 5. The lowest BCUT2D eigenvalue weighted by Gasteiger charge is -2.38. The summed E-state index contributed by atoms with van der Waals surface area (Å²) < 4.78 is 5.41. The maximum absolute atomic E-state index is 14.0. The molecule has 1 heterocycles. The lowest BCUT2D eigenvalue weighted by atomic mass is 9.85. The fourth-order valence-corrected chi connectivity index (χ4v) is 6.15.